The van der Waals surface area contributed by atoms with Crippen molar-refractivity contribution >= 4 is 39.3 Å². The number of nitrogens with one attached hydrogen (secondary N) is 1. The summed E-state index contributed by atoms with van der Waals surface area (Å²) in [5.41, 5.74) is 6.29. The highest BCUT2D eigenvalue weighted by Crippen LogP contribution is 2.16. The Labute approximate surface area is 115 Å². The molecule has 5 heteroatoms. The first-order chi connectivity index (χ1) is 8.13. The molecule has 0 aliphatic heterocycles. The molecule has 3 nitrogen and oxygen atoms in total. The van der Waals surface area contributed by atoms with E-state index in [0.29, 0.717) is 0 Å². The fourth-order valence-electron chi connectivity index (χ4n) is 1.38. The third-order valence-electron chi connectivity index (χ3n) is 2.28. The van der Waals surface area contributed by atoms with Crippen LogP contribution in [0, 0.1) is 0 Å². The zero-order valence-corrected chi connectivity index (χ0v) is 12.2. The van der Waals surface area contributed by atoms with E-state index < -0.39 is 0 Å². The number of anilines is 1. The van der Waals surface area contributed by atoms with Crippen LogP contribution in [0.1, 0.15) is 13.3 Å². The Morgan fingerprint density at radius 1 is 1.47 bits per heavy atom. The maximum atomic E-state index is 11.3. The van der Waals surface area contributed by atoms with Crippen molar-refractivity contribution in [3.8, 4) is 0 Å². The Morgan fingerprint density at radius 3 is 2.65 bits per heavy atom. The van der Waals surface area contributed by atoms with Crippen LogP contribution in [0.4, 0.5) is 5.69 Å². The molecule has 0 saturated carbocycles. The third-order valence-corrected chi connectivity index (χ3v) is 3.74. The number of amides is 1. The number of hydrogen-bond acceptors (Lipinski definition) is 3. The Balaban J connectivity index is 2.54. The van der Waals surface area contributed by atoms with Crippen LogP contribution >= 0.6 is 27.7 Å². The van der Waals surface area contributed by atoms with Crippen LogP contribution in [0.25, 0.3) is 0 Å². The summed E-state index contributed by atoms with van der Waals surface area (Å²) < 4.78 is 1.01. The molecular formula is C12H17BrN2OS. The molecule has 0 aliphatic carbocycles. The van der Waals surface area contributed by atoms with Crippen molar-refractivity contribution in [2.24, 2.45) is 5.73 Å². The van der Waals surface area contributed by atoms with E-state index in [1.807, 2.05) is 36.0 Å². The Bertz CT molecular complexity index is 356. The molecule has 17 heavy (non-hydrogen) atoms. The molecule has 1 rings (SSSR count). The quantitative estimate of drug-likeness (QED) is 0.760. The molecule has 0 fully saturated rings. The summed E-state index contributed by atoms with van der Waals surface area (Å²) in [6, 6.07) is 7.41. The van der Waals surface area contributed by atoms with E-state index in [2.05, 4.69) is 28.2 Å². The fraction of sp³-hybridized carbons (Fsp3) is 0.417. The number of nitrogens with two attached hydrogens (primary N) is 1. The van der Waals surface area contributed by atoms with Crippen LogP contribution in [0.2, 0.25) is 0 Å². The van der Waals surface area contributed by atoms with E-state index in [-0.39, 0.29) is 11.9 Å². The molecule has 1 aromatic carbocycles. The molecule has 0 saturated heterocycles. The number of halogens is 1. The van der Waals surface area contributed by atoms with Gasteiger partial charge in [0.25, 0.3) is 0 Å². The van der Waals surface area contributed by atoms with Gasteiger partial charge in [-0.3, -0.25) is 4.79 Å². The van der Waals surface area contributed by atoms with Crippen molar-refractivity contribution in [2.75, 3.05) is 16.8 Å². The summed E-state index contributed by atoms with van der Waals surface area (Å²) in [5, 5.41) is 3.16. The average Bonchev–Trinajstić information content (AvgIpc) is 2.30. The monoisotopic (exact) mass is 316 g/mol. The van der Waals surface area contributed by atoms with Crippen LogP contribution < -0.4 is 11.1 Å². The van der Waals surface area contributed by atoms with E-state index in [0.717, 1.165) is 28.1 Å². The first kappa shape index (κ1) is 14.4. The number of hydrogen-bond donors (Lipinski definition) is 2. The summed E-state index contributed by atoms with van der Waals surface area (Å²) >= 11 is 5.18. The van der Waals surface area contributed by atoms with E-state index in [4.69, 9.17) is 5.73 Å². The lowest BCUT2D eigenvalue weighted by Gasteiger charge is -2.16. The number of primary amides is 1. The lowest BCUT2D eigenvalue weighted by Crippen LogP contribution is -2.35. The summed E-state index contributed by atoms with van der Waals surface area (Å²) in [6.07, 6.45) is 0.754. The largest absolute Gasteiger partial charge is 0.374 e. The van der Waals surface area contributed by atoms with Gasteiger partial charge in [0.2, 0.25) is 5.91 Å². The van der Waals surface area contributed by atoms with Gasteiger partial charge in [-0.05, 0) is 42.2 Å². The standard InChI is InChI=1S/C12H17BrN2OS/c1-2-17-8-7-11(12(14)16)15-10-5-3-9(13)4-6-10/h3-6,11,15H,2,7-8H2,1H3,(H2,14,16). The first-order valence-electron chi connectivity index (χ1n) is 5.52. The lowest BCUT2D eigenvalue weighted by molar-refractivity contribution is -0.118. The molecule has 1 atom stereocenters. The van der Waals surface area contributed by atoms with Crippen molar-refractivity contribution in [1.82, 2.24) is 0 Å². The number of thioether (sulfide) groups is 1. The maximum absolute atomic E-state index is 11.3. The summed E-state index contributed by atoms with van der Waals surface area (Å²) in [7, 11) is 0. The van der Waals surface area contributed by atoms with Crippen LogP contribution in [-0.2, 0) is 4.79 Å². The number of carbonyl (C=O) groups is 1. The van der Waals surface area contributed by atoms with Crippen LogP contribution in [0.5, 0.6) is 0 Å². The topological polar surface area (TPSA) is 55.1 Å². The molecule has 0 radical (unpaired) electrons. The number of benzene rings is 1. The number of carbonyl (C=O) groups excluding carboxylic acids is 1. The maximum Gasteiger partial charge on any atom is 0.239 e. The molecule has 0 aliphatic rings. The average molecular weight is 317 g/mol. The molecule has 3 N–H and O–H groups in total. The molecule has 1 amide bonds. The van der Waals surface area contributed by atoms with Gasteiger partial charge in [0, 0.05) is 10.2 Å². The van der Waals surface area contributed by atoms with Gasteiger partial charge in [0.15, 0.2) is 0 Å². The minimum atomic E-state index is -0.301. The van der Waals surface area contributed by atoms with Crippen molar-refractivity contribution in [3.05, 3.63) is 28.7 Å². The molecule has 0 bridgehead atoms. The van der Waals surface area contributed by atoms with Crippen molar-refractivity contribution in [2.45, 2.75) is 19.4 Å². The normalized spacial score (nSPS) is 12.1. The second-order valence-corrected chi connectivity index (χ2v) is 5.90. The second-order valence-electron chi connectivity index (χ2n) is 3.59. The highest BCUT2D eigenvalue weighted by Gasteiger charge is 2.14. The van der Waals surface area contributed by atoms with Crippen molar-refractivity contribution < 1.29 is 4.79 Å². The SMILES string of the molecule is CCSCCC(Nc1ccc(Br)cc1)C(N)=O. The number of rotatable bonds is 7. The van der Waals surface area contributed by atoms with E-state index in [9.17, 15) is 4.79 Å². The molecule has 0 aromatic heterocycles. The molecule has 0 heterocycles. The molecule has 1 unspecified atom stereocenters. The van der Waals surface area contributed by atoms with Crippen molar-refractivity contribution in [3.63, 3.8) is 0 Å². The highest BCUT2D eigenvalue weighted by atomic mass is 79.9. The highest BCUT2D eigenvalue weighted by molar-refractivity contribution is 9.10. The minimum Gasteiger partial charge on any atom is -0.374 e. The Morgan fingerprint density at radius 2 is 2.12 bits per heavy atom. The molecule has 1 aromatic rings. The van der Waals surface area contributed by atoms with Gasteiger partial charge in [-0.15, -0.1) is 0 Å². The van der Waals surface area contributed by atoms with E-state index >= 15 is 0 Å². The smallest absolute Gasteiger partial charge is 0.239 e. The van der Waals surface area contributed by atoms with E-state index in [1.54, 1.807) is 0 Å². The summed E-state index contributed by atoms with van der Waals surface area (Å²) in [5.74, 6) is 1.70. The zero-order valence-electron chi connectivity index (χ0n) is 9.78. The van der Waals surface area contributed by atoms with Gasteiger partial charge in [-0.25, -0.2) is 0 Å². The van der Waals surface area contributed by atoms with Gasteiger partial charge in [-0.2, -0.15) is 11.8 Å². The fourth-order valence-corrected chi connectivity index (χ4v) is 2.33. The predicted octanol–water partition coefficient (Wildman–Crippen LogP) is 2.86. The Kier molecular flexibility index (Phi) is 6.44. The summed E-state index contributed by atoms with van der Waals surface area (Å²) in [4.78, 5) is 11.3. The van der Waals surface area contributed by atoms with Gasteiger partial charge in [0.05, 0.1) is 0 Å². The second kappa shape index (κ2) is 7.61. The third kappa shape index (κ3) is 5.46. The van der Waals surface area contributed by atoms with Crippen LogP contribution in [0.15, 0.2) is 28.7 Å². The predicted molar refractivity (Wildman–Crippen MR) is 78.4 cm³/mol. The van der Waals surface area contributed by atoms with Gasteiger partial charge < -0.3 is 11.1 Å². The zero-order chi connectivity index (χ0) is 12.7. The van der Waals surface area contributed by atoms with Gasteiger partial charge in [0.1, 0.15) is 6.04 Å². The minimum absolute atomic E-state index is 0.296. The van der Waals surface area contributed by atoms with Crippen molar-refractivity contribution in [1.29, 1.82) is 0 Å². The molecule has 94 valence electrons. The molecule has 0 spiro atoms. The van der Waals surface area contributed by atoms with Crippen LogP contribution in [0.3, 0.4) is 0 Å². The van der Waals surface area contributed by atoms with Gasteiger partial charge in [-0.1, -0.05) is 22.9 Å². The summed E-state index contributed by atoms with van der Waals surface area (Å²) in [6.45, 7) is 2.10. The Hall–Kier alpha value is -0.680. The van der Waals surface area contributed by atoms with E-state index in [1.165, 1.54) is 0 Å². The first-order valence-corrected chi connectivity index (χ1v) is 7.47. The molecular weight excluding hydrogens is 300 g/mol. The lowest BCUT2D eigenvalue weighted by atomic mass is 10.2. The van der Waals surface area contributed by atoms with Gasteiger partial charge >= 0.3 is 0 Å². The van der Waals surface area contributed by atoms with Crippen LogP contribution in [-0.4, -0.2) is 23.5 Å².